The molecule has 1 aliphatic heterocycles. The number of nitrogens with zero attached hydrogens (tertiary/aromatic N) is 1. The van der Waals surface area contributed by atoms with Gasteiger partial charge in [-0.3, -0.25) is 4.79 Å². The summed E-state index contributed by atoms with van der Waals surface area (Å²) in [7, 11) is 1.54. The van der Waals surface area contributed by atoms with Crippen molar-refractivity contribution in [1.82, 2.24) is 4.90 Å². The van der Waals surface area contributed by atoms with Crippen LogP contribution >= 0.6 is 0 Å². The predicted molar refractivity (Wildman–Crippen MR) is 48.9 cm³/mol. The SMILES string of the molecule is CN1CCC(O)C(CC(F)(F)F)(C(=O)O)C1. The summed E-state index contributed by atoms with van der Waals surface area (Å²) in [6.45, 7) is 0.108. The van der Waals surface area contributed by atoms with Crippen molar-refractivity contribution in [3.05, 3.63) is 0 Å². The lowest BCUT2D eigenvalue weighted by Crippen LogP contribution is -2.56. The number of alkyl halides is 3. The highest BCUT2D eigenvalue weighted by Gasteiger charge is 2.54. The van der Waals surface area contributed by atoms with Crippen LogP contribution in [0.1, 0.15) is 12.8 Å². The molecular formula is C9H14F3NO3. The molecule has 0 aliphatic carbocycles. The Balaban J connectivity index is 2.98. The van der Waals surface area contributed by atoms with Gasteiger partial charge < -0.3 is 15.1 Å². The fourth-order valence-corrected chi connectivity index (χ4v) is 2.10. The Labute approximate surface area is 90.7 Å². The van der Waals surface area contributed by atoms with Crippen molar-refractivity contribution in [3.8, 4) is 0 Å². The van der Waals surface area contributed by atoms with Crippen LogP contribution in [0.2, 0.25) is 0 Å². The second-order valence-corrected chi connectivity index (χ2v) is 4.30. The summed E-state index contributed by atoms with van der Waals surface area (Å²) in [5.41, 5.74) is -2.13. The van der Waals surface area contributed by atoms with E-state index >= 15 is 0 Å². The summed E-state index contributed by atoms with van der Waals surface area (Å²) >= 11 is 0. The highest BCUT2D eigenvalue weighted by Crippen LogP contribution is 2.40. The average Bonchev–Trinajstić information content (AvgIpc) is 2.08. The molecule has 0 aromatic carbocycles. The average molecular weight is 241 g/mol. The third kappa shape index (κ3) is 2.65. The van der Waals surface area contributed by atoms with Gasteiger partial charge in [0, 0.05) is 13.1 Å². The molecule has 2 atom stereocenters. The second-order valence-electron chi connectivity index (χ2n) is 4.30. The molecule has 4 nitrogen and oxygen atoms in total. The van der Waals surface area contributed by atoms with Crippen LogP contribution < -0.4 is 0 Å². The van der Waals surface area contributed by atoms with Crippen LogP contribution in [0.4, 0.5) is 13.2 Å². The van der Waals surface area contributed by atoms with E-state index in [1.54, 1.807) is 7.05 Å². The third-order valence-electron chi connectivity index (χ3n) is 2.92. The molecule has 0 saturated carbocycles. The van der Waals surface area contributed by atoms with E-state index in [-0.39, 0.29) is 13.0 Å². The van der Waals surface area contributed by atoms with Crippen LogP contribution in [0.5, 0.6) is 0 Å². The van der Waals surface area contributed by atoms with Crippen molar-refractivity contribution in [2.24, 2.45) is 5.41 Å². The minimum Gasteiger partial charge on any atom is -0.481 e. The zero-order chi connectivity index (χ0) is 12.6. The number of carbonyl (C=O) groups is 1. The summed E-state index contributed by atoms with van der Waals surface area (Å²) in [6.07, 6.45) is -7.51. The normalized spacial score (nSPS) is 32.7. The quantitative estimate of drug-likeness (QED) is 0.747. The predicted octanol–water partition coefficient (Wildman–Crippen LogP) is 0.706. The molecule has 0 bridgehead atoms. The number of rotatable bonds is 2. The molecule has 2 unspecified atom stereocenters. The van der Waals surface area contributed by atoms with Gasteiger partial charge >= 0.3 is 12.1 Å². The van der Waals surface area contributed by atoms with Gasteiger partial charge in [0.15, 0.2) is 0 Å². The Bertz CT molecular complexity index is 282. The number of carboxylic acids is 1. The number of aliphatic hydroxyl groups is 1. The van der Waals surface area contributed by atoms with Crippen LogP contribution in [0.3, 0.4) is 0 Å². The Morgan fingerprint density at radius 2 is 2.12 bits per heavy atom. The van der Waals surface area contributed by atoms with E-state index in [9.17, 15) is 23.1 Å². The Morgan fingerprint density at radius 1 is 1.56 bits per heavy atom. The zero-order valence-corrected chi connectivity index (χ0v) is 8.79. The first-order valence-electron chi connectivity index (χ1n) is 4.84. The Morgan fingerprint density at radius 3 is 2.56 bits per heavy atom. The van der Waals surface area contributed by atoms with Gasteiger partial charge in [-0.2, -0.15) is 13.2 Å². The van der Waals surface area contributed by atoms with Crippen molar-refractivity contribution in [2.75, 3.05) is 20.1 Å². The van der Waals surface area contributed by atoms with Gasteiger partial charge in [0.2, 0.25) is 0 Å². The zero-order valence-electron chi connectivity index (χ0n) is 8.79. The third-order valence-corrected chi connectivity index (χ3v) is 2.92. The van der Waals surface area contributed by atoms with Gasteiger partial charge in [0.05, 0.1) is 12.5 Å². The van der Waals surface area contributed by atoms with Gasteiger partial charge in [-0.05, 0) is 13.5 Å². The summed E-state index contributed by atoms with van der Waals surface area (Å²) < 4.78 is 37.1. The van der Waals surface area contributed by atoms with Crippen molar-refractivity contribution >= 4 is 5.97 Å². The molecule has 1 heterocycles. The Kier molecular flexibility index (Phi) is 3.49. The van der Waals surface area contributed by atoms with E-state index < -0.39 is 30.1 Å². The van der Waals surface area contributed by atoms with E-state index in [0.29, 0.717) is 6.54 Å². The van der Waals surface area contributed by atoms with E-state index in [1.807, 2.05) is 0 Å². The second kappa shape index (κ2) is 4.21. The molecular weight excluding hydrogens is 227 g/mol. The first-order chi connectivity index (χ1) is 7.17. The monoisotopic (exact) mass is 241 g/mol. The lowest BCUT2D eigenvalue weighted by Gasteiger charge is -2.42. The molecule has 0 aromatic heterocycles. The number of halogens is 3. The molecule has 7 heteroatoms. The van der Waals surface area contributed by atoms with Gasteiger partial charge in [-0.15, -0.1) is 0 Å². The number of likely N-dealkylation sites (tertiary alicyclic amines) is 1. The van der Waals surface area contributed by atoms with E-state index in [4.69, 9.17) is 5.11 Å². The van der Waals surface area contributed by atoms with Crippen molar-refractivity contribution in [3.63, 3.8) is 0 Å². The molecule has 2 N–H and O–H groups in total. The minimum atomic E-state index is -4.60. The maximum absolute atomic E-state index is 12.4. The number of hydrogen-bond acceptors (Lipinski definition) is 3. The maximum atomic E-state index is 12.4. The lowest BCUT2D eigenvalue weighted by molar-refractivity contribution is -0.200. The topological polar surface area (TPSA) is 60.8 Å². The van der Waals surface area contributed by atoms with Gasteiger partial charge in [0.1, 0.15) is 5.41 Å². The van der Waals surface area contributed by atoms with Crippen molar-refractivity contribution in [1.29, 1.82) is 0 Å². The molecule has 0 spiro atoms. The summed E-state index contributed by atoms with van der Waals surface area (Å²) in [6, 6.07) is 0. The number of carboxylic acid groups (broad SMARTS) is 1. The molecule has 16 heavy (non-hydrogen) atoms. The van der Waals surface area contributed by atoms with Gasteiger partial charge in [-0.1, -0.05) is 0 Å². The lowest BCUT2D eigenvalue weighted by atomic mass is 9.74. The molecule has 1 rings (SSSR count). The molecule has 1 fully saturated rings. The molecule has 0 aromatic rings. The first-order valence-corrected chi connectivity index (χ1v) is 4.84. The fourth-order valence-electron chi connectivity index (χ4n) is 2.10. The molecule has 0 radical (unpaired) electrons. The number of hydrogen-bond donors (Lipinski definition) is 2. The largest absolute Gasteiger partial charge is 0.481 e. The highest BCUT2D eigenvalue weighted by atomic mass is 19.4. The van der Waals surface area contributed by atoms with Crippen molar-refractivity contribution < 1.29 is 28.2 Å². The number of piperidine rings is 1. The minimum absolute atomic E-state index is 0.0406. The summed E-state index contributed by atoms with van der Waals surface area (Å²) in [4.78, 5) is 12.5. The maximum Gasteiger partial charge on any atom is 0.390 e. The highest BCUT2D eigenvalue weighted by molar-refractivity contribution is 5.76. The smallest absolute Gasteiger partial charge is 0.390 e. The molecule has 1 saturated heterocycles. The van der Waals surface area contributed by atoms with E-state index in [1.165, 1.54) is 4.90 Å². The Hall–Kier alpha value is -0.820. The van der Waals surface area contributed by atoms with Crippen LogP contribution in [0, 0.1) is 5.41 Å². The van der Waals surface area contributed by atoms with Crippen LogP contribution in [-0.4, -0.2) is 53.5 Å². The molecule has 94 valence electrons. The number of aliphatic carboxylic acids is 1. The van der Waals surface area contributed by atoms with Crippen LogP contribution in [0.15, 0.2) is 0 Å². The van der Waals surface area contributed by atoms with Gasteiger partial charge in [0.25, 0.3) is 0 Å². The summed E-state index contributed by atoms with van der Waals surface area (Å²) in [5, 5.41) is 18.5. The fraction of sp³-hybridized carbons (Fsp3) is 0.889. The number of aliphatic hydroxyl groups excluding tert-OH is 1. The van der Waals surface area contributed by atoms with Crippen LogP contribution in [0.25, 0.3) is 0 Å². The van der Waals surface area contributed by atoms with Crippen molar-refractivity contribution in [2.45, 2.75) is 25.1 Å². The van der Waals surface area contributed by atoms with E-state index in [0.717, 1.165) is 0 Å². The first kappa shape index (κ1) is 13.2. The van der Waals surface area contributed by atoms with Crippen LogP contribution in [-0.2, 0) is 4.79 Å². The van der Waals surface area contributed by atoms with Gasteiger partial charge in [-0.25, -0.2) is 0 Å². The van der Waals surface area contributed by atoms with E-state index in [2.05, 4.69) is 0 Å². The summed E-state index contributed by atoms with van der Waals surface area (Å²) in [5.74, 6) is -1.59. The molecule has 1 aliphatic rings. The standard InChI is InChI=1S/C9H14F3NO3/c1-13-3-2-6(14)8(5-13,7(15)16)4-9(10,11)12/h6,14H,2-5H2,1H3,(H,15,16). The molecule has 0 amide bonds.